The maximum absolute atomic E-state index is 11.2. The van der Waals surface area contributed by atoms with E-state index in [1.54, 1.807) is 14.2 Å². The highest BCUT2D eigenvalue weighted by Gasteiger charge is 2.13. The second-order valence-electron chi connectivity index (χ2n) is 8.54. The molecule has 9 heteroatoms. The van der Waals surface area contributed by atoms with Crippen molar-refractivity contribution >= 4 is 5.97 Å². The van der Waals surface area contributed by atoms with Gasteiger partial charge >= 0.3 is 5.97 Å². The van der Waals surface area contributed by atoms with Crippen LogP contribution in [0.5, 0.6) is 23.0 Å². The lowest BCUT2D eigenvalue weighted by Gasteiger charge is -2.18. The van der Waals surface area contributed by atoms with Crippen molar-refractivity contribution in [2.24, 2.45) is 0 Å². The maximum atomic E-state index is 11.2. The van der Waals surface area contributed by atoms with Crippen LogP contribution in [0.15, 0.2) is 49.1 Å². The highest BCUT2D eigenvalue weighted by Crippen LogP contribution is 2.33. The lowest BCUT2D eigenvalue weighted by Crippen LogP contribution is -2.11. The molecule has 0 aromatic heterocycles. The summed E-state index contributed by atoms with van der Waals surface area (Å²) >= 11 is 0. The Morgan fingerprint density at radius 1 is 0.872 bits per heavy atom. The molecule has 0 bridgehead atoms. The second-order valence-corrected chi connectivity index (χ2v) is 8.54. The Hall–Kier alpha value is -3.27. The van der Waals surface area contributed by atoms with Gasteiger partial charge in [-0.2, -0.15) is 0 Å². The molecule has 0 spiro atoms. The first-order valence-corrected chi connectivity index (χ1v) is 13.2. The van der Waals surface area contributed by atoms with Crippen LogP contribution in [0.1, 0.15) is 43.9 Å². The van der Waals surface area contributed by atoms with E-state index < -0.39 is 5.97 Å². The predicted octanol–water partition coefficient (Wildman–Crippen LogP) is 5.30. The standard InChI is InChI=1S/C30H42O9/c1-6-8-14-36-29-21-25(23(3)35-18-19-38-30(31)7-2)10-12-27(29)37-15-13-24-9-11-26(28(20-24)33-5)39-22-34-17-16-32-4/h7,9-12,20-21,23H,2,6,8,13-19,22H2,1,3-5H3. The summed E-state index contributed by atoms with van der Waals surface area (Å²) in [5.41, 5.74) is 1.99. The van der Waals surface area contributed by atoms with E-state index in [2.05, 4.69) is 13.5 Å². The summed E-state index contributed by atoms with van der Waals surface area (Å²) in [6, 6.07) is 11.6. The summed E-state index contributed by atoms with van der Waals surface area (Å²) in [4.78, 5) is 11.2. The number of hydrogen-bond donors (Lipinski definition) is 0. The minimum absolute atomic E-state index is 0.116. The zero-order valence-corrected chi connectivity index (χ0v) is 23.6. The number of methoxy groups -OCH3 is 2. The van der Waals surface area contributed by atoms with Crippen molar-refractivity contribution in [2.75, 3.05) is 60.7 Å². The fourth-order valence-electron chi connectivity index (χ4n) is 3.43. The first kappa shape index (κ1) is 31.9. The van der Waals surface area contributed by atoms with E-state index in [0.29, 0.717) is 55.8 Å². The Bertz CT molecular complexity index is 992. The van der Waals surface area contributed by atoms with E-state index in [1.165, 1.54) is 0 Å². The first-order valence-electron chi connectivity index (χ1n) is 13.2. The molecule has 0 aliphatic carbocycles. The van der Waals surface area contributed by atoms with Crippen LogP contribution in [-0.4, -0.2) is 66.6 Å². The highest BCUT2D eigenvalue weighted by atomic mass is 16.7. The van der Waals surface area contributed by atoms with Gasteiger partial charge in [-0.1, -0.05) is 32.1 Å². The largest absolute Gasteiger partial charge is 0.493 e. The van der Waals surface area contributed by atoms with E-state index >= 15 is 0 Å². The van der Waals surface area contributed by atoms with Crippen LogP contribution in [0.3, 0.4) is 0 Å². The Balaban J connectivity index is 1.95. The number of hydrogen-bond acceptors (Lipinski definition) is 9. The summed E-state index contributed by atoms with van der Waals surface area (Å²) in [6.45, 7) is 10.0. The molecule has 1 atom stereocenters. The molecule has 216 valence electrons. The molecule has 9 nitrogen and oxygen atoms in total. The van der Waals surface area contributed by atoms with E-state index in [9.17, 15) is 4.79 Å². The quantitative estimate of drug-likeness (QED) is 0.0895. The summed E-state index contributed by atoms with van der Waals surface area (Å²) in [5.74, 6) is 2.11. The summed E-state index contributed by atoms with van der Waals surface area (Å²) in [5, 5.41) is 0. The van der Waals surface area contributed by atoms with Gasteiger partial charge in [0.1, 0.15) is 6.61 Å². The lowest BCUT2D eigenvalue weighted by molar-refractivity contribution is -0.139. The van der Waals surface area contributed by atoms with Gasteiger partial charge in [0.05, 0.1) is 46.2 Å². The Morgan fingerprint density at radius 3 is 2.38 bits per heavy atom. The average Bonchev–Trinajstić information content (AvgIpc) is 2.96. The van der Waals surface area contributed by atoms with Crippen LogP contribution in [0.2, 0.25) is 0 Å². The predicted molar refractivity (Wildman–Crippen MR) is 148 cm³/mol. The third kappa shape index (κ3) is 12.0. The first-order chi connectivity index (χ1) is 19.0. The van der Waals surface area contributed by atoms with E-state index in [4.69, 9.17) is 37.9 Å². The van der Waals surface area contributed by atoms with E-state index in [0.717, 1.165) is 30.0 Å². The summed E-state index contributed by atoms with van der Waals surface area (Å²) < 4.78 is 44.4. The van der Waals surface area contributed by atoms with Gasteiger partial charge in [-0.05, 0) is 48.7 Å². The SMILES string of the molecule is C=CC(=O)OCCOC(C)c1ccc(OCCc2ccc(OCOCCOC)c(OC)c2)c(OCCCC)c1. The number of esters is 1. The van der Waals surface area contributed by atoms with Gasteiger partial charge in [0.2, 0.25) is 0 Å². The molecule has 0 radical (unpaired) electrons. The molecular formula is C30H42O9. The molecule has 2 rings (SSSR count). The maximum Gasteiger partial charge on any atom is 0.330 e. The zero-order chi connectivity index (χ0) is 28.3. The topological polar surface area (TPSA) is 90.9 Å². The molecule has 2 aromatic rings. The molecule has 0 fully saturated rings. The molecule has 1 unspecified atom stereocenters. The number of benzene rings is 2. The van der Waals surface area contributed by atoms with E-state index in [-0.39, 0.29) is 26.1 Å². The number of carbonyl (C=O) groups excluding carboxylic acids is 1. The third-order valence-electron chi connectivity index (χ3n) is 5.66. The van der Waals surface area contributed by atoms with Crippen LogP contribution in [0.4, 0.5) is 0 Å². The van der Waals surface area contributed by atoms with Crippen molar-refractivity contribution < 1.29 is 42.7 Å². The third-order valence-corrected chi connectivity index (χ3v) is 5.66. The number of unbranched alkanes of at least 4 members (excludes halogenated alkanes) is 1. The minimum Gasteiger partial charge on any atom is -0.493 e. The lowest BCUT2D eigenvalue weighted by atomic mass is 10.1. The average molecular weight is 547 g/mol. The fourth-order valence-corrected chi connectivity index (χ4v) is 3.43. The molecule has 0 heterocycles. The summed E-state index contributed by atoms with van der Waals surface area (Å²) in [7, 11) is 3.23. The van der Waals surface area contributed by atoms with Gasteiger partial charge in [-0.25, -0.2) is 4.79 Å². The van der Waals surface area contributed by atoms with Gasteiger partial charge in [0, 0.05) is 19.6 Å². The van der Waals surface area contributed by atoms with E-state index in [1.807, 2.05) is 43.3 Å². The molecule has 0 N–H and O–H groups in total. The van der Waals surface area contributed by atoms with Gasteiger partial charge in [0.15, 0.2) is 29.8 Å². The molecule has 0 aliphatic heterocycles. The van der Waals surface area contributed by atoms with Crippen molar-refractivity contribution in [3.8, 4) is 23.0 Å². The van der Waals surface area contributed by atoms with Crippen LogP contribution in [-0.2, 0) is 30.2 Å². The molecule has 0 amide bonds. The molecule has 39 heavy (non-hydrogen) atoms. The van der Waals surface area contributed by atoms with Gasteiger partial charge < -0.3 is 37.9 Å². The number of ether oxygens (including phenoxy) is 8. The molecule has 2 aromatic carbocycles. The minimum atomic E-state index is -0.467. The highest BCUT2D eigenvalue weighted by molar-refractivity contribution is 5.81. The molecular weight excluding hydrogens is 504 g/mol. The van der Waals surface area contributed by atoms with Crippen LogP contribution in [0, 0.1) is 0 Å². The molecule has 0 saturated heterocycles. The van der Waals surface area contributed by atoms with Crippen molar-refractivity contribution in [2.45, 2.75) is 39.2 Å². The monoisotopic (exact) mass is 546 g/mol. The normalized spacial score (nSPS) is 11.5. The molecule has 0 aliphatic rings. The van der Waals surface area contributed by atoms with Crippen molar-refractivity contribution in [3.63, 3.8) is 0 Å². The Kier molecular flexibility index (Phi) is 15.5. The van der Waals surface area contributed by atoms with Crippen LogP contribution >= 0.6 is 0 Å². The zero-order valence-electron chi connectivity index (χ0n) is 23.6. The Labute approximate surface area is 231 Å². The van der Waals surface area contributed by atoms with Gasteiger partial charge in [-0.15, -0.1) is 0 Å². The number of carbonyl (C=O) groups is 1. The summed E-state index contributed by atoms with van der Waals surface area (Å²) in [6.07, 6.45) is 3.55. The van der Waals surface area contributed by atoms with Crippen molar-refractivity contribution in [1.29, 1.82) is 0 Å². The van der Waals surface area contributed by atoms with Crippen molar-refractivity contribution in [3.05, 3.63) is 60.2 Å². The Morgan fingerprint density at radius 2 is 1.64 bits per heavy atom. The number of rotatable bonds is 21. The van der Waals surface area contributed by atoms with Gasteiger partial charge in [0.25, 0.3) is 0 Å². The van der Waals surface area contributed by atoms with Crippen LogP contribution < -0.4 is 18.9 Å². The smallest absolute Gasteiger partial charge is 0.330 e. The van der Waals surface area contributed by atoms with Gasteiger partial charge in [-0.3, -0.25) is 0 Å². The fraction of sp³-hybridized carbons (Fsp3) is 0.500. The van der Waals surface area contributed by atoms with Crippen LogP contribution in [0.25, 0.3) is 0 Å². The van der Waals surface area contributed by atoms with Crippen molar-refractivity contribution in [1.82, 2.24) is 0 Å². The second kappa shape index (κ2) is 18.9. The molecule has 0 saturated carbocycles.